The Morgan fingerprint density at radius 2 is 2.25 bits per heavy atom. The molecule has 0 heterocycles. The van der Waals surface area contributed by atoms with Crippen molar-refractivity contribution in [3.8, 4) is 0 Å². The van der Waals surface area contributed by atoms with Crippen molar-refractivity contribution in [1.82, 2.24) is 5.43 Å². The zero-order valence-corrected chi connectivity index (χ0v) is 4.76. The second kappa shape index (κ2) is 3.23. The minimum absolute atomic E-state index is 0.231. The second-order valence-corrected chi connectivity index (χ2v) is 1.45. The summed E-state index contributed by atoms with van der Waals surface area (Å²) in [5.41, 5.74) is 7.56. The maximum Gasteiger partial charge on any atom is 0.152 e. The minimum atomic E-state index is -0.231. The molecule has 0 aromatic carbocycles. The van der Waals surface area contributed by atoms with Gasteiger partial charge in [0.2, 0.25) is 0 Å². The van der Waals surface area contributed by atoms with Crippen LogP contribution in [-0.2, 0) is 0 Å². The number of hydrogen-bond donors (Lipinski definition) is 4. The van der Waals surface area contributed by atoms with Gasteiger partial charge in [-0.1, -0.05) is 0 Å². The molecule has 0 aromatic heterocycles. The van der Waals surface area contributed by atoms with Crippen molar-refractivity contribution in [2.45, 2.75) is 13.0 Å². The second-order valence-electron chi connectivity index (χ2n) is 1.45. The van der Waals surface area contributed by atoms with Crippen LogP contribution in [0.3, 0.4) is 0 Å². The van der Waals surface area contributed by atoms with Crippen LogP contribution in [0.2, 0.25) is 0 Å². The summed E-state index contributed by atoms with van der Waals surface area (Å²) in [6.45, 7) is 1.73. The van der Waals surface area contributed by atoms with Crippen molar-refractivity contribution in [3.63, 3.8) is 0 Å². The summed E-state index contributed by atoms with van der Waals surface area (Å²) in [5.74, 6) is 10.2. The number of hydrazone groups is 1. The lowest BCUT2D eigenvalue weighted by atomic mass is 10.3. The van der Waals surface area contributed by atoms with E-state index >= 15 is 0 Å². The molecule has 0 rings (SSSR count). The normalized spacial score (nSPS) is 15.6. The number of nitrogens with one attached hydrogen (secondary N) is 1. The molecule has 8 heavy (non-hydrogen) atoms. The van der Waals surface area contributed by atoms with Crippen molar-refractivity contribution < 1.29 is 0 Å². The molecule has 5 nitrogen and oxygen atoms in total. The van der Waals surface area contributed by atoms with Gasteiger partial charge in [-0.2, -0.15) is 5.10 Å². The molecule has 0 amide bonds. The van der Waals surface area contributed by atoms with Gasteiger partial charge in [-0.25, -0.2) is 5.84 Å². The van der Waals surface area contributed by atoms with Gasteiger partial charge < -0.3 is 17.0 Å². The van der Waals surface area contributed by atoms with Gasteiger partial charge in [0.15, 0.2) is 5.84 Å². The molecule has 0 bridgehead atoms. The van der Waals surface area contributed by atoms with Crippen molar-refractivity contribution >= 4 is 5.84 Å². The van der Waals surface area contributed by atoms with Gasteiger partial charge in [0.1, 0.15) is 0 Å². The predicted octanol–water partition coefficient (Wildman–Crippen LogP) is -1.93. The van der Waals surface area contributed by atoms with E-state index in [-0.39, 0.29) is 6.04 Å². The molecule has 7 N–H and O–H groups in total. The molecule has 0 aromatic rings. The summed E-state index contributed by atoms with van der Waals surface area (Å²) in [6.07, 6.45) is 0. The van der Waals surface area contributed by atoms with Crippen LogP contribution in [0.5, 0.6) is 0 Å². The third-order valence-electron chi connectivity index (χ3n) is 0.718. The first-order valence-corrected chi connectivity index (χ1v) is 2.22. The van der Waals surface area contributed by atoms with Crippen LogP contribution in [0, 0.1) is 0 Å². The smallest absolute Gasteiger partial charge is 0.152 e. The van der Waals surface area contributed by atoms with E-state index in [0.29, 0.717) is 5.84 Å². The fraction of sp³-hybridized carbons (Fsp3) is 0.667. The van der Waals surface area contributed by atoms with Crippen molar-refractivity contribution in [2.24, 2.45) is 22.5 Å². The van der Waals surface area contributed by atoms with Gasteiger partial charge in [0.05, 0.1) is 6.04 Å². The molecule has 1 unspecified atom stereocenters. The largest absolute Gasteiger partial charge is 0.322 e. The Balaban J connectivity index is 3.72. The number of rotatable bonds is 1. The summed E-state index contributed by atoms with van der Waals surface area (Å²) < 4.78 is 0. The molecule has 48 valence electrons. The monoisotopic (exact) mass is 117 g/mol. The molecule has 0 aliphatic rings. The molecule has 1 atom stereocenters. The van der Waals surface area contributed by atoms with E-state index in [2.05, 4.69) is 10.5 Å². The fourth-order valence-electron chi connectivity index (χ4n) is 0.286. The Morgan fingerprint density at radius 1 is 1.75 bits per heavy atom. The quantitative estimate of drug-likeness (QED) is 0.139. The lowest BCUT2D eigenvalue weighted by molar-refractivity contribution is 0.867. The van der Waals surface area contributed by atoms with Gasteiger partial charge in [-0.15, -0.1) is 0 Å². The number of hydrogen-bond acceptors (Lipinski definition) is 4. The molecule has 0 spiro atoms. The number of amidine groups is 1. The maximum atomic E-state index is 5.30. The summed E-state index contributed by atoms with van der Waals surface area (Å²) >= 11 is 0. The van der Waals surface area contributed by atoms with Gasteiger partial charge in [0.25, 0.3) is 0 Å². The van der Waals surface area contributed by atoms with Gasteiger partial charge >= 0.3 is 0 Å². The highest BCUT2D eigenvalue weighted by Gasteiger charge is 1.99. The van der Waals surface area contributed by atoms with Crippen molar-refractivity contribution in [2.75, 3.05) is 0 Å². The third-order valence-corrected chi connectivity index (χ3v) is 0.718. The van der Waals surface area contributed by atoms with Crippen LogP contribution in [0.1, 0.15) is 6.92 Å². The van der Waals surface area contributed by atoms with E-state index in [1.54, 1.807) is 6.92 Å². The minimum Gasteiger partial charge on any atom is -0.322 e. The van der Waals surface area contributed by atoms with Gasteiger partial charge in [-0.05, 0) is 6.92 Å². The van der Waals surface area contributed by atoms with Crippen LogP contribution in [0.4, 0.5) is 0 Å². The van der Waals surface area contributed by atoms with Crippen LogP contribution >= 0.6 is 0 Å². The first-order valence-electron chi connectivity index (χ1n) is 2.22. The molecule has 5 heteroatoms. The molecule has 0 fully saturated rings. The molecule has 0 radical (unpaired) electrons. The highest BCUT2D eigenvalue weighted by Crippen LogP contribution is 1.72. The Morgan fingerprint density at radius 3 is 2.25 bits per heavy atom. The van der Waals surface area contributed by atoms with Crippen LogP contribution in [0.25, 0.3) is 0 Å². The zero-order chi connectivity index (χ0) is 6.57. The Labute approximate surface area is 47.9 Å². The Kier molecular flexibility index (Phi) is 2.90. The summed E-state index contributed by atoms with van der Waals surface area (Å²) in [6, 6.07) is -0.231. The van der Waals surface area contributed by atoms with Crippen molar-refractivity contribution in [3.05, 3.63) is 0 Å². The first-order chi connectivity index (χ1) is 3.72. The Bertz CT molecular complexity index is 85.7. The average Bonchev–Trinajstić information content (AvgIpc) is 1.69. The molecule has 0 saturated carbocycles. The average molecular weight is 117 g/mol. The summed E-state index contributed by atoms with van der Waals surface area (Å²) in [7, 11) is 0. The highest BCUT2D eigenvalue weighted by atomic mass is 15.3. The van der Waals surface area contributed by atoms with E-state index in [1.807, 2.05) is 0 Å². The number of nitrogens with two attached hydrogens (primary N) is 3. The third kappa shape index (κ3) is 1.76. The molecule has 0 aliphatic heterocycles. The van der Waals surface area contributed by atoms with E-state index < -0.39 is 0 Å². The lowest BCUT2D eigenvalue weighted by Crippen LogP contribution is -2.43. The van der Waals surface area contributed by atoms with Gasteiger partial charge in [0, 0.05) is 0 Å². The van der Waals surface area contributed by atoms with E-state index in [4.69, 9.17) is 17.4 Å². The summed E-state index contributed by atoms with van der Waals surface area (Å²) in [5, 5.41) is 3.26. The van der Waals surface area contributed by atoms with E-state index in [0.717, 1.165) is 0 Å². The van der Waals surface area contributed by atoms with Crippen LogP contribution < -0.4 is 22.8 Å². The molecular formula is C3H11N5. The van der Waals surface area contributed by atoms with Crippen LogP contribution in [0.15, 0.2) is 5.10 Å². The van der Waals surface area contributed by atoms with Crippen molar-refractivity contribution in [1.29, 1.82) is 0 Å². The first kappa shape index (κ1) is 7.19. The lowest BCUT2D eigenvalue weighted by Gasteiger charge is -2.05. The molecule has 0 aliphatic carbocycles. The molecule has 0 saturated heterocycles. The fourth-order valence-corrected chi connectivity index (χ4v) is 0.286. The van der Waals surface area contributed by atoms with E-state index in [1.165, 1.54) is 0 Å². The van der Waals surface area contributed by atoms with E-state index in [9.17, 15) is 0 Å². The number of hydrazine groups is 1. The maximum absolute atomic E-state index is 5.30. The van der Waals surface area contributed by atoms with Crippen LogP contribution in [-0.4, -0.2) is 11.9 Å². The van der Waals surface area contributed by atoms with Gasteiger partial charge in [-0.3, -0.25) is 0 Å². The zero-order valence-electron chi connectivity index (χ0n) is 4.76. The standard InChI is InChI=1S/C3H11N5/c1-2(4)3(7-5)8-6/h2H,4-6H2,1H3,(H,7,8). The predicted molar refractivity (Wildman–Crippen MR) is 32.6 cm³/mol. The SMILES string of the molecule is CC(N)/C(=N/N)NN. The Hall–Kier alpha value is -0.810. The molecular weight excluding hydrogens is 106 g/mol. The number of nitrogens with zero attached hydrogens (tertiary/aromatic N) is 1. The summed E-state index contributed by atoms with van der Waals surface area (Å²) in [4.78, 5) is 0. The topological polar surface area (TPSA) is 102 Å². The highest BCUT2D eigenvalue weighted by molar-refractivity contribution is 5.85.